The summed E-state index contributed by atoms with van der Waals surface area (Å²) in [5.41, 5.74) is 1.58. The molecule has 0 spiro atoms. The first kappa shape index (κ1) is 15.2. The Morgan fingerprint density at radius 1 is 1.09 bits per heavy atom. The summed E-state index contributed by atoms with van der Waals surface area (Å²) in [6, 6.07) is 13.7. The Labute approximate surface area is 137 Å². The molecule has 3 amide bonds. The van der Waals surface area contributed by atoms with Gasteiger partial charge in [-0.3, -0.25) is 19.3 Å². The van der Waals surface area contributed by atoms with Gasteiger partial charge in [-0.1, -0.05) is 41.9 Å². The van der Waals surface area contributed by atoms with Gasteiger partial charge in [0.05, 0.1) is 17.1 Å². The van der Waals surface area contributed by atoms with E-state index in [1.165, 1.54) is 0 Å². The summed E-state index contributed by atoms with van der Waals surface area (Å²) in [6.07, 6.45) is 0.112. The zero-order valence-corrected chi connectivity index (χ0v) is 12.8. The third-order valence-corrected chi connectivity index (χ3v) is 3.91. The predicted molar refractivity (Wildman–Crippen MR) is 86.3 cm³/mol. The third kappa shape index (κ3) is 3.10. The Morgan fingerprint density at radius 3 is 2.57 bits per heavy atom. The standard InChI is InChI=1S/C17H13ClN2O3/c18-13-7-3-4-8-14(13)19-15(21)10-20-16(22)9-11-5-1-2-6-12(11)17(20)23/h1-8H,9-10H2,(H,19,21). The second kappa shape index (κ2) is 6.22. The van der Waals surface area contributed by atoms with Crippen molar-refractivity contribution in [3.63, 3.8) is 0 Å². The van der Waals surface area contributed by atoms with Crippen molar-refractivity contribution in [3.8, 4) is 0 Å². The lowest BCUT2D eigenvalue weighted by atomic mass is 9.98. The summed E-state index contributed by atoms with van der Waals surface area (Å²) in [4.78, 5) is 37.6. The molecule has 0 aliphatic carbocycles. The number of hydrogen-bond acceptors (Lipinski definition) is 3. The molecule has 0 atom stereocenters. The van der Waals surface area contributed by atoms with Crippen LogP contribution in [0.3, 0.4) is 0 Å². The average molecular weight is 329 g/mol. The first-order valence-electron chi connectivity index (χ1n) is 7.03. The molecular weight excluding hydrogens is 316 g/mol. The Balaban J connectivity index is 1.75. The fourth-order valence-corrected chi connectivity index (χ4v) is 2.64. The van der Waals surface area contributed by atoms with E-state index in [1.807, 2.05) is 0 Å². The maximum Gasteiger partial charge on any atom is 0.261 e. The van der Waals surface area contributed by atoms with Crippen molar-refractivity contribution >= 4 is 35.0 Å². The van der Waals surface area contributed by atoms with E-state index in [-0.39, 0.29) is 18.9 Å². The molecule has 0 bridgehead atoms. The van der Waals surface area contributed by atoms with Crippen LogP contribution in [0.2, 0.25) is 5.02 Å². The monoisotopic (exact) mass is 328 g/mol. The van der Waals surface area contributed by atoms with Crippen LogP contribution >= 0.6 is 11.6 Å². The Morgan fingerprint density at radius 2 is 1.78 bits per heavy atom. The van der Waals surface area contributed by atoms with Crippen LogP contribution in [0.4, 0.5) is 5.69 Å². The highest BCUT2D eigenvalue weighted by molar-refractivity contribution is 6.33. The number of imide groups is 1. The number of para-hydroxylation sites is 1. The van der Waals surface area contributed by atoms with E-state index < -0.39 is 11.8 Å². The van der Waals surface area contributed by atoms with Gasteiger partial charge < -0.3 is 5.32 Å². The van der Waals surface area contributed by atoms with E-state index in [1.54, 1.807) is 48.5 Å². The van der Waals surface area contributed by atoms with Crippen LogP contribution in [0.1, 0.15) is 15.9 Å². The number of benzene rings is 2. The molecule has 1 heterocycles. The number of fused-ring (bicyclic) bond motifs is 1. The molecule has 0 saturated heterocycles. The minimum atomic E-state index is -0.473. The van der Waals surface area contributed by atoms with Crippen LogP contribution in [-0.2, 0) is 16.0 Å². The summed E-state index contributed by atoms with van der Waals surface area (Å²) < 4.78 is 0. The van der Waals surface area contributed by atoms with Crippen LogP contribution in [0, 0.1) is 0 Å². The highest BCUT2D eigenvalue weighted by atomic mass is 35.5. The molecule has 3 rings (SSSR count). The fraction of sp³-hybridized carbons (Fsp3) is 0.118. The number of hydrogen-bond donors (Lipinski definition) is 1. The minimum Gasteiger partial charge on any atom is -0.323 e. The van der Waals surface area contributed by atoms with E-state index >= 15 is 0 Å². The number of anilines is 1. The third-order valence-electron chi connectivity index (χ3n) is 3.59. The normalized spacial score (nSPS) is 13.7. The maximum absolute atomic E-state index is 12.4. The quantitative estimate of drug-likeness (QED) is 0.880. The van der Waals surface area contributed by atoms with Crippen LogP contribution in [-0.4, -0.2) is 29.2 Å². The molecule has 0 aromatic heterocycles. The Bertz CT molecular complexity index is 804. The van der Waals surface area contributed by atoms with E-state index in [2.05, 4.69) is 5.32 Å². The number of nitrogens with one attached hydrogen (secondary N) is 1. The zero-order chi connectivity index (χ0) is 16.4. The van der Waals surface area contributed by atoms with E-state index in [4.69, 9.17) is 11.6 Å². The first-order valence-corrected chi connectivity index (χ1v) is 7.41. The summed E-state index contributed by atoms with van der Waals surface area (Å²) in [5.74, 6) is -1.31. The van der Waals surface area contributed by atoms with Crippen molar-refractivity contribution in [1.82, 2.24) is 4.90 Å². The van der Waals surface area contributed by atoms with Crippen LogP contribution < -0.4 is 5.32 Å². The second-order valence-electron chi connectivity index (χ2n) is 5.15. The zero-order valence-electron chi connectivity index (χ0n) is 12.1. The molecule has 2 aromatic rings. The molecule has 116 valence electrons. The number of carbonyl (C=O) groups excluding carboxylic acids is 3. The number of amides is 3. The molecule has 23 heavy (non-hydrogen) atoms. The molecule has 1 aliphatic heterocycles. The Kier molecular flexibility index (Phi) is 4.12. The molecule has 0 unspecified atom stereocenters. The number of carbonyl (C=O) groups is 3. The van der Waals surface area contributed by atoms with Crippen molar-refractivity contribution < 1.29 is 14.4 Å². The summed E-state index contributed by atoms with van der Waals surface area (Å²) in [7, 11) is 0. The SMILES string of the molecule is O=C(CN1C(=O)Cc2ccccc2C1=O)Nc1ccccc1Cl. The van der Waals surface area contributed by atoms with Gasteiger partial charge in [0.2, 0.25) is 11.8 Å². The Hall–Kier alpha value is -2.66. The van der Waals surface area contributed by atoms with Crippen LogP contribution in [0.15, 0.2) is 48.5 Å². The largest absolute Gasteiger partial charge is 0.323 e. The second-order valence-corrected chi connectivity index (χ2v) is 5.55. The van der Waals surface area contributed by atoms with Crippen molar-refractivity contribution in [2.75, 3.05) is 11.9 Å². The van der Waals surface area contributed by atoms with E-state index in [0.29, 0.717) is 21.8 Å². The maximum atomic E-state index is 12.4. The summed E-state index contributed by atoms with van der Waals surface area (Å²) in [5, 5.41) is 3.00. The van der Waals surface area contributed by atoms with Gasteiger partial charge in [-0.05, 0) is 23.8 Å². The van der Waals surface area contributed by atoms with Gasteiger partial charge in [-0.25, -0.2) is 0 Å². The van der Waals surface area contributed by atoms with Gasteiger partial charge in [-0.2, -0.15) is 0 Å². The number of nitrogens with zero attached hydrogens (tertiary/aromatic N) is 1. The topological polar surface area (TPSA) is 66.5 Å². The minimum absolute atomic E-state index is 0.112. The molecule has 5 nitrogen and oxygen atoms in total. The summed E-state index contributed by atoms with van der Waals surface area (Å²) >= 11 is 5.97. The predicted octanol–water partition coefficient (Wildman–Crippen LogP) is 2.50. The van der Waals surface area contributed by atoms with Gasteiger partial charge in [0, 0.05) is 5.56 Å². The molecule has 2 aromatic carbocycles. The fourth-order valence-electron chi connectivity index (χ4n) is 2.46. The van der Waals surface area contributed by atoms with Crippen molar-refractivity contribution in [1.29, 1.82) is 0 Å². The van der Waals surface area contributed by atoms with Gasteiger partial charge in [0.15, 0.2) is 0 Å². The molecule has 1 aliphatic rings. The first-order chi connectivity index (χ1) is 11.1. The van der Waals surface area contributed by atoms with E-state index in [0.717, 1.165) is 4.90 Å². The van der Waals surface area contributed by atoms with Crippen molar-refractivity contribution in [2.45, 2.75) is 6.42 Å². The highest BCUT2D eigenvalue weighted by Gasteiger charge is 2.31. The van der Waals surface area contributed by atoms with Gasteiger partial charge in [-0.15, -0.1) is 0 Å². The smallest absolute Gasteiger partial charge is 0.261 e. The molecule has 0 saturated carbocycles. The van der Waals surface area contributed by atoms with Gasteiger partial charge in [0.1, 0.15) is 6.54 Å². The van der Waals surface area contributed by atoms with Crippen LogP contribution in [0.25, 0.3) is 0 Å². The molecule has 6 heteroatoms. The van der Waals surface area contributed by atoms with Crippen molar-refractivity contribution in [3.05, 3.63) is 64.7 Å². The summed E-state index contributed by atoms with van der Waals surface area (Å²) in [6.45, 7) is -0.336. The van der Waals surface area contributed by atoms with Gasteiger partial charge in [0.25, 0.3) is 5.91 Å². The van der Waals surface area contributed by atoms with Crippen molar-refractivity contribution in [2.24, 2.45) is 0 Å². The lowest BCUT2D eigenvalue weighted by molar-refractivity contribution is -0.131. The molecule has 1 N–H and O–H groups in total. The molecule has 0 radical (unpaired) electrons. The van der Waals surface area contributed by atoms with Crippen LogP contribution in [0.5, 0.6) is 0 Å². The van der Waals surface area contributed by atoms with Gasteiger partial charge >= 0.3 is 0 Å². The highest BCUT2D eigenvalue weighted by Crippen LogP contribution is 2.22. The lowest BCUT2D eigenvalue weighted by Crippen LogP contribution is -2.46. The molecular formula is C17H13ClN2O3. The lowest BCUT2D eigenvalue weighted by Gasteiger charge is -2.26. The number of halogens is 1. The molecule has 0 fully saturated rings. The van der Waals surface area contributed by atoms with E-state index in [9.17, 15) is 14.4 Å². The number of rotatable bonds is 3. The average Bonchev–Trinajstić information content (AvgIpc) is 2.54.